The number of nitrogens with zero attached hydrogens (tertiary/aromatic N) is 5. The van der Waals surface area contributed by atoms with Gasteiger partial charge in [-0.15, -0.1) is 11.3 Å². The third-order valence-corrected chi connectivity index (χ3v) is 5.37. The van der Waals surface area contributed by atoms with Crippen molar-refractivity contribution in [2.24, 2.45) is 0 Å². The van der Waals surface area contributed by atoms with Crippen LogP contribution in [0.5, 0.6) is 0 Å². The van der Waals surface area contributed by atoms with Gasteiger partial charge in [-0.2, -0.15) is 4.98 Å². The van der Waals surface area contributed by atoms with E-state index in [9.17, 15) is 0 Å². The van der Waals surface area contributed by atoms with Gasteiger partial charge in [-0.05, 0) is 38.1 Å². The number of rotatable bonds is 6. The zero-order chi connectivity index (χ0) is 16.4. The molecule has 7 heteroatoms. The van der Waals surface area contributed by atoms with E-state index < -0.39 is 0 Å². The molecule has 4 heterocycles. The fourth-order valence-corrected chi connectivity index (χ4v) is 4.12. The van der Waals surface area contributed by atoms with E-state index in [1.807, 2.05) is 30.7 Å². The van der Waals surface area contributed by atoms with Gasteiger partial charge in [0.05, 0.1) is 11.4 Å². The van der Waals surface area contributed by atoms with Crippen LogP contribution in [-0.4, -0.2) is 37.7 Å². The molecule has 1 fully saturated rings. The number of hydrogen-bond acceptors (Lipinski definition) is 6. The molecule has 0 aromatic carbocycles. The molecule has 6 nitrogen and oxygen atoms in total. The summed E-state index contributed by atoms with van der Waals surface area (Å²) in [6, 6.07) is 4.39. The summed E-state index contributed by atoms with van der Waals surface area (Å²) in [4.78, 5) is 14.0. The summed E-state index contributed by atoms with van der Waals surface area (Å²) in [6.45, 7) is 6.08. The summed E-state index contributed by atoms with van der Waals surface area (Å²) in [5, 5.41) is 4.03. The summed E-state index contributed by atoms with van der Waals surface area (Å²) in [5.74, 6) is 2.34. The fraction of sp³-hybridized carbons (Fsp3) is 0.471. The van der Waals surface area contributed by atoms with Gasteiger partial charge >= 0.3 is 0 Å². The molecule has 1 aliphatic heterocycles. The second-order valence-electron chi connectivity index (χ2n) is 6.09. The highest BCUT2D eigenvalue weighted by molar-refractivity contribution is 7.15. The molecular formula is C17H21N5OS. The van der Waals surface area contributed by atoms with Crippen molar-refractivity contribution in [3.63, 3.8) is 0 Å². The molecule has 0 radical (unpaired) electrons. The van der Waals surface area contributed by atoms with Crippen molar-refractivity contribution in [2.75, 3.05) is 13.1 Å². The Hall–Kier alpha value is -1.99. The molecule has 0 bridgehead atoms. The molecule has 0 spiro atoms. The topological polar surface area (TPSA) is 60.0 Å². The lowest BCUT2D eigenvalue weighted by molar-refractivity contribution is 0.334. The van der Waals surface area contributed by atoms with Crippen LogP contribution in [-0.2, 0) is 19.5 Å². The summed E-state index contributed by atoms with van der Waals surface area (Å²) in [5.41, 5.74) is 0. The van der Waals surface area contributed by atoms with Crippen LogP contribution in [0, 0.1) is 0 Å². The van der Waals surface area contributed by atoms with Crippen molar-refractivity contribution < 1.29 is 4.52 Å². The summed E-state index contributed by atoms with van der Waals surface area (Å²) >= 11 is 1.82. The Balaban J connectivity index is 1.50. The minimum Gasteiger partial charge on any atom is -0.339 e. The van der Waals surface area contributed by atoms with Crippen LogP contribution in [0.4, 0.5) is 0 Å². The van der Waals surface area contributed by atoms with Gasteiger partial charge in [0.1, 0.15) is 5.82 Å². The molecule has 24 heavy (non-hydrogen) atoms. The Morgan fingerprint density at radius 2 is 2.08 bits per heavy atom. The number of thiophene rings is 1. The molecule has 0 aliphatic carbocycles. The van der Waals surface area contributed by atoms with Crippen molar-refractivity contribution in [1.82, 2.24) is 24.6 Å². The van der Waals surface area contributed by atoms with E-state index in [0.717, 1.165) is 18.8 Å². The maximum atomic E-state index is 5.19. The van der Waals surface area contributed by atoms with E-state index in [0.29, 0.717) is 18.3 Å². The van der Waals surface area contributed by atoms with Gasteiger partial charge in [-0.25, -0.2) is 4.98 Å². The molecule has 3 aromatic rings. The van der Waals surface area contributed by atoms with Gasteiger partial charge in [0.15, 0.2) is 5.82 Å². The average molecular weight is 343 g/mol. The predicted octanol–water partition coefficient (Wildman–Crippen LogP) is 3.20. The molecule has 3 aromatic heterocycles. The summed E-state index contributed by atoms with van der Waals surface area (Å²) < 4.78 is 7.27. The average Bonchev–Trinajstić information content (AvgIpc) is 3.35. The van der Waals surface area contributed by atoms with Crippen LogP contribution in [0.3, 0.4) is 0 Å². The second-order valence-corrected chi connectivity index (χ2v) is 7.25. The van der Waals surface area contributed by atoms with E-state index in [1.54, 1.807) is 0 Å². The first-order chi connectivity index (χ1) is 11.8. The van der Waals surface area contributed by atoms with Crippen LogP contribution >= 0.6 is 11.3 Å². The van der Waals surface area contributed by atoms with Gasteiger partial charge in [0.2, 0.25) is 5.89 Å². The SMILES string of the molecule is CCc1nc(Cn2ccnc2-c2ccc(CN3CCCC3)s2)no1. The first-order valence-corrected chi connectivity index (χ1v) is 9.27. The van der Waals surface area contributed by atoms with Gasteiger partial charge < -0.3 is 9.09 Å². The Morgan fingerprint density at radius 1 is 1.21 bits per heavy atom. The normalized spacial score (nSPS) is 15.4. The van der Waals surface area contributed by atoms with Gasteiger partial charge in [-0.3, -0.25) is 4.90 Å². The highest BCUT2D eigenvalue weighted by Crippen LogP contribution is 2.28. The van der Waals surface area contributed by atoms with Crippen molar-refractivity contribution >= 4 is 11.3 Å². The standard InChI is InChI=1S/C17H21N5OS/c1-2-16-19-15(20-23-16)12-22-10-7-18-17(22)14-6-5-13(24-14)11-21-8-3-4-9-21/h5-7,10H,2-4,8-9,11-12H2,1H3. The van der Waals surface area contributed by atoms with Crippen molar-refractivity contribution in [3.05, 3.63) is 41.1 Å². The van der Waals surface area contributed by atoms with Crippen LogP contribution in [0.15, 0.2) is 29.0 Å². The first kappa shape index (κ1) is 15.5. The maximum absolute atomic E-state index is 5.19. The number of aromatic nitrogens is 4. The van der Waals surface area contributed by atoms with E-state index in [4.69, 9.17) is 4.52 Å². The van der Waals surface area contributed by atoms with Gasteiger partial charge in [0.25, 0.3) is 0 Å². The fourth-order valence-electron chi connectivity index (χ4n) is 3.06. The quantitative estimate of drug-likeness (QED) is 0.688. The minimum atomic E-state index is 0.582. The lowest BCUT2D eigenvalue weighted by atomic mass is 10.4. The molecular weight excluding hydrogens is 322 g/mol. The minimum absolute atomic E-state index is 0.582. The largest absolute Gasteiger partial charge is 0.339 e. The van der Waals surface area contributed by atoms with Crippen LogP contribution in [0.25, 0.3) is 10.7 Å². The van der Waals surface area contributed by atoms with Crippen LogP contribution < -0.4 is 0 Å². The van der Waals surface area contributed by atoms with Crippen LogP contribution in [0.1, 0.15) is 36.4 Å². The third-order valence-electron chi connectivity index (χ3n) is 4.30. The lowest BCUT2D eigenvalue weighted by Gasteiger charge is -2.12. The Bertz CT molecular complexity index is 799. The highest BCUT2D eigenvalue weighted by Gasteiger charge is 2.15. The third kappa shape index (κ3) is 3.27. The monoisotopic (exact) mass is 343 g/mol. The molecule has 1 aliphatic rings. The Labute approximate surface area is 145 Å². The van der Waals surface area contributed by atoms with E-state index >= 15 is 0 Å². The van der Waals surface area contributed by atoms with E-state index in [1.165, 1.54) is 35.7 Å². The molecule has 4 rings (SSSR count). The first-order valence-electron chi connectivity index (χ1n) is 8.46. The smallest absolute Gasteiger partial charge is 0.226 e. The molecule has 0 saturated carbocycles. The molecule has 126 valence electrons. The highest BCUT2D eigenvalue weighted by atomic mass is 32.1. The van der Waals surface area contributed by atoms with Crippen molar-refractivity contribution in [2.45, 2.75) is 39.3 Å². The van der Waals surface area contributed by atoms with Gasteiger partial charge in [-0.1, -0.05) is 12.1 Å². The van der Waals surface area contributed by atoms with Crippen molar-refractivity contribution in [3.8, 4) is 10.7 Å². The Kier molecular flexibility index (Phi) is 4.44. The van der Waals surface area contributed by atoms with E-state index in [-0.39, 0.29) is 0 Å². The maximum Gasteiger partial charge on any atom is 0.226 e. The molecule has 0 N–H and O–H groups in total. The molecule has 0 amide bonds. The molecule has 1 saturated heterocycles. The summed E-state index contributed by atoms with van der Waals surface area (Å²) in [7, 11) is 0. The summed E-state index contributed by atoms with van der Waals surface area (Å²) in [6.07, 6.45) is 7.21. The van der Waals surface area contributed by atoms with Crippen LogP contribution in [0.2, 0.25) is 0 Å². The van der Waals surface area contributed by atoms with Gasteiger partial charge in [0, 0.05) is 30.2 Å². The van der Waals surface area contributed by atoms with E-state index in [2.05, 4.69) is 36.7 Å². The molecule has 0 atom stereocenters. The number of hydrogen-bond donors (Lipinski definition) is 0. The van der Waals surface area contributed by atoms with Crippen molar-refractivity contribution in [1.29, 1.82) is 0 Å². The number of likely N-dealkylation sites (tertiary alicyclic amines) is 1. The zero-order valence-electron chi connectivity index (χ0n) is 13.8. The number of imidazole rings is 1. The predicted molar refractivity (Wildman–Crippen MR) is 92.8 cm³/mol. The second kappa shape index (κ2) is 6.86. The number of aryl methyl sites for hydroxylation is 1. The Morgan fingerprint density at radius 3 is 2.88 bits per heavy atom. The zero-order valence-corrected chi connectivity index (χ0v) is 14.6. The lowest BCUT2D eigenvalue weighted by Crippen LogP contribution is -2.17. The molecule has 0 unspecified atom stereocenters.